The van der Waals surface area contributed by atoms with Crippen LogP contribution in [0.25, 0.3) is 0 Å². The summed E-state index contributed by atoms with van der Waals surface area (Å²) >= 11 is 12.3. The van der Waals surface area contributed by atoms with Crippen LogP contribution < -0.4 is 9.62 Å². The summed E-state index contributed by atoms with van der Waals surface area (Å²) in [5.41, 5.74) is 0.272. The van der Waals surface area contributed by atoms with Gasteiger partial charge in [-0.05, 0) is 61.7 Å². The summed E-state index contributed by atoms with van der Waals surface area (Å²) in [4.78, 5) is 28.8. The van der Waals surface area contributed by atoms with E-state index in [9.17, 15) is 31.2 Å². The Labute approximate surface area is 266 Å². The van der Waals surface area contributed by atoms with Crippen LogP contribution in [0.5, 0.6) is 0 Å². The van der Waals surface area contributed by atoms with Gasteiger partial charge in [-0.15, -0.1) is 0 Å². The van der Waals surface area contributed by atoms with Gasteiger partial charge in [-0.25, -0.2) is 8.42 Å². The van der Waals surface area contributed by atoms with E-state index in [2.05, 4.69) is 5.32 Å². The van der Waals surface area contributed by atoms with Gasteiger partial charge in [0.15, 0.2) is 0 Å². The SMILES string of the molecule is CC(C)NC(=O)[C@@H](Cc1ccccc1)N(Cc1ccc(Cl)c(Cl)c1)C(=O)CCCN(c1cccc(C(F)(F)F)c1)S(C)(=O)=O. The second-order valence-corrected chi connectivity index (χ2v) is 13.3. The number of hydrogen-bond donors (Lipinski definition) is 1. The Morgan fingerprint density at radius 2 is 1.59 bits per heavy atom. The fourth-order valence-corrected chi connectivity index (χ4v) is 5.89. The fourth-order valence-electron chi connectivity index (χ4n) is 4.61. The van der Waals surface area contributed by atoms with Crippen molar-refractivity contribution in [3.8, 4) is 0 Å². The number of carbonyl (C=O) groups excluding carboxylic acids is 2. The van der Waals surface area contributed by atoms with Crippen LogP contribution in [0.15, 0.2) is 72.8 Å². The van der Waals surface area contributed by atoms with Crippen molar-refractivity contribution in [3.63, 3.8) is 0 Å². The molecule has 0 heterocycles. The largest absolute Gasteiger partial charge is 0.416 e. The Morgan fingerprint density at radius 1 is 0.909 bits per heavy atom. The van der Waals surface area contributed by atoms with Gasteiger partial charge in [-0.3, -0.25) is 13.9 Å². The van der Waals surface area contributed by atoms with Gasteiger partial charge in [-0.1, -0.05) is 65.7 Å². The van der Waals surface area contributed by atoms with E-state index >= 15 is 0 Å². The van der Waals surface area contributed by atoms with Crippen LogP contribution in [0.1, 0.15) is 43.4 Å². The van der Waals surface area contributed by atoms with Crippen LogP contribution >= 0.6 is 23.2 Å². The quantitative estimate of drug-likeness (QED) is 0.219. The fraction of sp³-hybridized carbons (Fsp3) is 0.355. The van der Waals surface area contributed by atoms with E-state index in [1.165, 1.54) is 11.0 Å². The lowest BCUT2D eigenvalue weighted by molar-refractivity contribution is -0.141. The minimum atomic E-state index is -4.66. The molecule has 3 aromatic rings. The molecule has 0 bridgehead atoms. The first-order chi connectivity index (χ1) is 20.6. The standard InChI is InChI=1S/C31H34Cl2F3N3O4S/c1-21(2)37-30(41)28(18-22-9-5-4-6-10-22)38(20-23-14-15-26(32)27(33)17-23)29(40)13-8-16-39(44(3,42)43)25-12-7-11-24(19-25)31(34,35)36/h4-7,9-12,14-15,17,19,21,28H,8,13,16,18,20H2,1-3H3,(H,37,41)/t28-/m1/s1. The number of sulfonamides is 1. The van der Waals surface area contributed by atoms with Gasteiger partial charge in [0.05, 0.1) is 27.6 Å². The van der Waals surface area contributed by atoms with E-state index in [4.69, 9.17) is 23.2 Å². The van der Waals surface area contributed by atoms with Crippen molar-refractivity contribution in [1.29, 1.82) is 0 Å². The Hall–Kier alpha value is -3.28. The second-order valence-electron chi connectivity index (χ2n) is 10.6. The molecule has 0 aliphatic heterocycles. The molecular formula is C31H34Cl2F3N3O4S. The number of nitrogens with zero attached hydrogens (tertiary/aromatic N) is 2. The lowest BCUT2D eigenvalue weighted by atomic mass is 10.0. The monoisotopic (exact) mass is 671 g/mol. The van der Waals surface area contributed by atoms with Crippen molar-refractivity contribution < 1.29 is 31.2 Å². The van der Waals surface area contributed by atoms with Gasteiger partial charge in [-0.2, -0.15) is 13.2 Å². The normalized spacial score (nSPS) is 12.6. The zero-order chi connectivity index (χ0) is 32.7. The van der Waals surface area contributed by atoms with Crippen molar-refractivity contribution >= 4 is 50.7 Å². The van der Waals surface area contributed by atoms with Crippen LogP contribution in [-0.2, 0) is 38.8 Å². The molecule has 0 spiro atoms. The van der Waals surface area contributed by atoms with E-state index in [1.54, 1.807) is 32.0 Å². The third-order valence-electron chi connectivity index (χ3n) is 6.65. The summed E-state index contributed by atoms with van der Waals surface area (Å²) in [5.74, 6) is -0.826. The summed E-state index contributed by atoms with van der Waals surface area (Å²) in [6.45, 7) is 3.35. The number of alkyl halides is 3. The Balaban J connectivity index is 1.92. The molecule has 2 amide bonds. The van der Waals surface area contributed by atoms with Gasteiger partial charge >= 0.3 is 6.18 Å². The Kier molecular flexibility index (Phi) is 12.1. The predicted molar refractivity (Wildman–Crippen MR) is 167 cm³/mol. The molecule has 13 heteroatoms. The lowest BCUT2D eigenvalue weighted by Gasteiger charge is -2.32. The lowest BCUT2D eigenvalue weighted by Crippen LogP contribution is -2.51. The molecule has 3 aromatic carbocycles. The first kappa shape index (κ1) is 35.2. The summed E-state index contributed by atoms with van der Waals surface area (Å²) in [5, 5.41) is 3.47. The molecule has 1 N–H and O–H groups in total. The summed E-state index contributed by atoms with van der Waals surface area (Å²) < 4.78 is 65.9. The molecule has 1 atom stereocenters. The topological polar surface area (TPSA) is 86.8 Å². The average molecular weight is 673 g/mol. The van der Waals surface area contributed by atoms with Gasteiger partial charge in [0.1, 0.15) is 6.04 Å². The number of carbonyl (C=O) groups is 2. The molecule has 0 saturated heterocycles. The molecule has 0 unspecified atom stereocenters. The first-order valence-corrected chi connectivity index (χ1v) is 16.4. The maximum absolute atomic E-state index is 13.8. The molecule has 44 heavy (non-hydrogen) atoms. The van der Waals surface area contributed by atoms with Crippen molar-refractivity contribution in [2.45, 2.75) is 57.9 Å². The highest BCUT2D eigenvalue weighted by Crippen LogP contribution is 2.32. The van der Waals surface area contributed by atoms with Gasteiger partial charge in [0.2, 0.25) is 21.8 Å². The molecule has 0 aliphatic carbocycles. The van der Waals surface area contributed by atoms with Crippen molar-refractivity contribution in [1.82, 2.24) is 10.2 Å². The maximum Gasteiger partial charge on any atom is 0.416 e. The van der Waals surface area contributed by atoms with Crippen LogP contribution in [0, 0.1) is 0 Å². The van der Waals surface area contributed by atoms with Gasteiger partial charge < -0.3 is 10.2 Å². The molecule has 238 valence electrons. The highest BCUT2D eigenvalue weighted by atomic mass is 35.5. The summed E-state index contributed by atoms with van der Waals surface area (Å²) in [6, 6.07) is 16.9. The third kappa shape index (κ3) is 10.1. The van der Waals surface area contributed by atoms with Crippen molar-refractivity contribution in [2.24, 2.45) is 0 Å². The third-order valence-corrected chi connectivity index (χ3v) is 8.59. The van der Waals surface area contributed by atoms with E-state index in [0.29, 0.717) is 10.6 Å². The number of benzene rings is 3. The Morgan fingerprint density at radius 3 is 2.18 bits per heavy atom. The van der Waals surface area contributed by atoms with E-state index in [0.717, 1.165) is 34.3 Å². The number of rotatable bonds is 13. The number of amides is 2. The smallest absolute Gasteiger partial charge is 0.352 e. The molecule has 0 saturated carbocycles. The minimum absolute atomic E-state index is 0.00214. The number of halogens is 5. The highest BCUT2D eigenvalue weighted by molar-refractivity contribution is 7.92. The molecule has 0 aliphatic rings. The highest BCUT2D eigenvalue weighted by Gasteiger charge is 2.33. The number of anilines is 1. The molecule has 0 aromatic heterocycles. The maximum atomic E-state index is 13.8. The van der Waals surface area contributed by atoms with Crippen molar-refractivity contribution in [2.75, 3.05) is 17.1 Å². The average Bonchev–Trinajstić information content (AvgIpc) is 2.94. The minimum Gasteiger partial charge on any atom is -0.352 e. The Bertz CT molecular complexity index is 1550. The molecule has 0 fully saturated rings. The van der Waals surface area contributed by atoms with Crippen LogP contribution in [-0.4, -0.2) is 50.0 Å². The predicted octanol–water partition coefficient (Wildman–Crippen LogP) is 6.72. The first-order valence-electron chi connectivity index (χ1n) is 13.8. The van der Waals surface area contributed by atoms with E-state index < -0.39 is 33.7 Å². The van der Waals surface area contributed by atoms with Crippen LogP contribution in [0.2, 0.25) is 10.0 Å². The van der Waals surface area contributed by atoms with Gasteiger partial charge in [0.25, 0.3) is 0 Å². The van der Waals surface area contributed by atoms with Gasteiger partial charge in [0, 0.05) is 32.0 Å². The van der Waals surface area contributed by atoms with Crippen LogP contribution in [0.3, 0.4) is 0 Å². The number of nitrogens with one attached hydrogen (secondary N) is 1. The summed E-state index contributed by atoms with van der Waals surface area (Å²) in [6.07, 6.45) is -3.79. The molecular weight excluding hydrogens is 638 g/mol. The number of hydrogen-bond acceptors (Lipinski definition) is 4. The van der Waals surface area contributed by atoms with E-state index in [-0.39, 0.29) is 55.0 Å². The zero-order valence-electron chi connectivity index (χ0n) is 24.4. The molecule has 7 nitrogen and oxygen atoms in total. The second kappa shape index (κ2) is 15.1. The van der Waals surface area contributed by atoms with Crippen LogP contribution in [0.4, 0.5) is 18.9 Å². The van der Waals surface area contributed by atoms with Crippen molar-refractivity contribution in [3.05, 3.63) is 99.5 Å². The zero-order valence-corrected chi connectivity index (χ0v) is 26.8. The molecule has 0 radical (unpaired) electrons. The molecule has 3 rings (SSSR count). The summed E-state index contributed by atoms with van der Waals surface area (Å²) in [7, 11) is -3.99. The van der Waals surface area contributed by atoms with E-state index in [1.807, 2.05) is 30.3 Å².